The van der Waals surface area contributed by atoms with Crippen LogP contribution in [0, 0.1) is 87.7 Å². The van der Waals surface area contributed by atoms with E-state index in [2.05, 4.69) is 59.6 Å². The molecule has 0 saturated heterocycles. The quantitative estimate of drug-likeness (QED) is 0.0341. The van der Waals surface area contributed by atoms with Gasteiger partial charge in [-0.25, -0.2) is 9.59 Å². The molecule has 0 unspecified atom stereocenters. The average molecular weight is 1270 g/mol. The number of carbonyl (C=O) groups excluding carboxylic acids is 5. The van der Waals surface area contributed by atoms with E-state index in [1.165, 1.54) is 51.1 Å². The number of methoxy groups -OCH3 is 2. The van der Waals surface area contributed by atoms with Gasteiger partial charge in [0.15, 0.2) is 12.8 Å². The number of esters is 2. The number of aromatic nitrogens is 4. The number of fused-ring (bicyclic) bond motifs is 10. The van der Waals surface area contributed by atoms with Crippen molar-refractivity contribution in [2.75, 3.05) is 46.0 Å². The molecule has 80 heavy (non-hydrogen) atoms. The van der Waals surface area contributed by atoms with Crippen LogP contribution in [0.4, 0.5) is 4.39 Å². The van der Waals surface area contributed by atoms with E-state index in [1.807, 2.05) is 14.2 Å². The molecule has 21 heteroatoms. The molecule has 0 aromatic carbocycles. The van der Waals surface area contributed by atoms with Gasteiger partial charge >= 0.3 is 121 Å². The zero-order valence-electron chi connectivity index (χ0n) is 63.3. The molecule has 0 radical (unpaired) electrons. The SMILES string of the molecule is C.CCOC(=O)c1ccn(CC(=O)[C@H]2CC[C@H]3[C@@H]4CC[C@H]5C[C@H](O)CC[C@]5(COC)[C@H]4CC[C@]23C)n1.CCOC(=O)c1ccn[nH]1.COC[C@]12CC[C@@H](O)C[C@@H]1CC[C@H]1[C@@H]3CC[C@H](C(=O)CBr)[C@@]3(C)CC[C@@H]12.[2HH].[2H]C(=O)OO[CH-]F.[2H][2H].[2H][2H].[2H][2H].[2H][2H].[2H][2H].[2H][2H].[2H][2H].[K+].[K+]. The van der Waals surface area contributed by atoms with Crippen molar-refractivity contribution in [2.45, 2.75) is 169 Å². The second-order valence-electron chi connectivity index (χ2n) is 24.1. The first-order chi connectivity index (χ1) is 44.4. The van der Waals surface area contributed by atoms with Crippen LogP contribution in [0.1, 0.15) is 195 Å². The molecule has 0 spiro atoms. The number of nitrogens with zero attached hydrogens (tertiary/aromatic N) is 3. The van der Waals surface area contributed by atoms with E-state index in [0.29, 0.717) is 65.5 Å². The van der Waals surface area contributed by atoms with Gasteiger partial charge in [0.2, 0.25) is 0 Å². The van der Waals surface area contributed by atoms with Crippen molar-refractivity contribution >= 4 is 45.9 Å². The largest absolute Gasteiger partial charge is 1.00 e. The van der Waals surface area contributed by atoms with Gasteiger partial charge in [-0.3, -0.25) is 24.2 Å². The number of ether oxygens (including phenoxy) is 4. The van der Waals surface area contributed by atoms with Gasteiger partial charge in [-0.05, 0) is 217 Å². The summed E-state index contributed by atoms with van der Waals surface area (Å²) in [5.74, 6) is 5.40. The first-order valence-corrected chi connectivity index (χ1v) is 29.6. The third-order valence-corrected chi connectivity index (χ3v) is 21.5. The minimum atomic E-state index is -1.44. The summed E-state index contributed by atoms with van der Waals surface area (Å²) >= 11 is 3.42. The third-order valence-electron chi connectivity index (χ3n) is 21.0. The minimum absolute atomic E-state index is 0. The zero-order valence-corrected chi connectivity index (χ0v) is 56.1. The van der Waals surface area contributed by atoms with Crippen molar-refractivity contribution in [3.05, 3.63) is 42.8 Å². The molecule has 8 aliphatic carbocycles. The summed E-state index contributed by atoms with van der Waals surface area (Å²) in [6, 6.07) is 3.20. The molecule has 8 saturated carbocycles. The molecule has 10 rings (SSSR count). The molecule has 17 nitrogen and oxygen atoms in total. The van der Waals surface area contributed by atoms with Gasteiger partial charge in [0.25, 0.3) is 0 Å². The van der Waals surface area contributed by atoms with Crippen molar-refractivity contribution in [3.63, 3.8) is 0 Å². The fraction of sp³-hybridized carbons (Fsp3) is 0.797. The molecule has 0 amide bonds. The van der Waals surface area contributed by atoms with Gasteiger partial charge in [-0.1, -0.05) is 37.2 Å². The van der Waals surface area contributed by atoms with Crippen LogP contribution in [0.5, 0.6) is 0 Å². The number of halogens is 2. The number of carbonyl (C=O) groups is 5. The number of rotatable bonds is 15. The Balaban J connectivity index is -0.000000398. The number of H-pyrrole nitrogens is 1. The van der Waals surface area contributed by atoms with Crippen LogP contribution in [0.25, 0.3) is 0 Å². The Labute approximate surface area is 592 Å². The van der Waals surface area contributed by atoms with Gasteiger partial charge < -0.3 is 43.3 Å². The standard InChI is InChI=1S/C28H42N2O5.C22H35BrO3.C6H8N2O2.C2H2FO3.CH4.2K.8H2/c1-4-35-26(33)24-11-14-30(29-24)16-25(32)23-8-7-21-20-6-5-18-15-19(31)9-13-28(18,17-34-3)22(20)10-12-27(21,23)2;1-21-9-8-18-16(17(21)5-6-19(21)20(25)12-23)4-3-14-11-15(24)7-10-22(14,18)13-26-2;1-2-10-6(9)5-3-4-7-8-5;3-1-5-6-2-4;;;;;;;;;;;/h11,14,18-23,31H,4-10,12-13,15-17H2,1-3H3;14-19,24H,3-13H2,1-2H3;3-4H,2H2,1H3,(H,7,8);1-2H;1H4;;;8*1H/q;;;-1;;2*+1;;;;;;;;/t18-,19+,20-,21-,22-,23+,27-,28+;14-,15+,16-,17-,18-,19+,21-,22+;;;;;;;;;;;;;/m00............./s1/i;;;2D;;;;7*1+1D;1+1. The summed E-state index contributed by atoms with van der Waals surface area (Å²) in [7, 11) is 3.69. The number of ketones is 2. The van der Waals surface area contributed by atoms with Crippen LogP contribution >= 0.6 is 15.9 Å². The number of hydrogen-bond acceptors (Lipinski definition) is 15. The van der Waals surface area contributed by atoms with Crippen molar-refractivity contribution in [2.24, 2.45) is 80.8 Å². The Morgan fingerprint density at radius 3 is 1.74 bits per heavy atom. The van der Waals surface area contributed by atoms with E-state index < -0.39 is 12.4 Å². The molecule has 3 N–H and O–H groups in total. The maximum absolute atomic E-state index is 13.5. The summed E-state index contributed by atoms with van der Waals surface area (Å²) < 4.78 is 110. The molecule has 0 aliphatic heterocycles. The number of aliphatic hydroxyl groups excluding tert-OH is 2. The normalized spacial score (nSPS) is 36.8. The predicted octanol–water partition coefficient (Wildman–Crippen LogP) is 6.25. The summed E-state index contributed by atoms with van der Waals surface area (Å²) in [6.07, 6.45) is 21.5. The summed E-state index contributed by atoms with van der Waals surface area (Å²) in [4.78, 5) is 64.8. The molecule has 2 aromatic rings. The zero-order chi connectivity index (χ0) is 70.4. The van der Waals surface area contributed by atoms with Crippen LogP contribution in [-0.2, 0) is 49.7 Å². The first-order valence-electron chi connectivity index (χ1n) is 36.0. The van der Waals surface area contributed by atoms with Gasteiger partial charge in [-0.15, -0.1) is 0 Å². The molecule has 456 valence electrons. The first kappa shape index (κ1) is 60.0. The molecule has 8 aliphatic rings. The Hall–Kier alpha value is -0.347. The molecular formula is C59H107BrFK2N4O13+. The monoisotopic (exact) mass is 1270 g/mol. The van der Waals surface area contributed by atoms with E-state index in [-0.39, 0.29) is 188 Å². The Bertz CT molecular complexity index is 2380. The average Bonchev–Trinajstić information content (AvgIpc) is 1.32. The van der Waals surface area contributed by atoms with Gasteiger partial charge in [0.05, 0.1) is 50.5 Å². The number of nitrogens with one attached hydrogen (secondary N) is 1. The fourth-order valence-corrected chi connectivity index (χ4v) is 18.3. The van der Waals surface area contributed by atoms with E-state index in [0.717, 1.165) is 95.7 Å². The van der Waals surface area contributed by atoms with E-state index in [1.54, 1.807) is 36.9 Å². The van der Waals surface area contributed by atoms with Crippen LogP contribution in [0.3, 0.4) is 0 Å². The van der Waals surface area contributed by atoms with Crippen LogP contribution in [0.15, 0.2) is 24.5 Å². The smallest absolute Gasteiger partial charge is 0.461 e. The van der Waals surface area contributed by atoms with E-state index in [4.69, 9.17) is 36.4 Å². The Kier molecular flexibility index (Phi) is 24.8. The number of aromatic amines is 1. The maximum Gasteiger partial charge on any atom is 1.00 e. The van der Waals surface area contributed by atoms with Crippen LogP contribution in [-0.4, -0.2) is 118 Å². The molecule has 2 heterocycles. The van der Waals surface area contributed by atoms with Crippen molar-refractivity contribution in [3.8, 4) is 0 Å². The Morgan fingerprint density at radius 2 is 1.30 bits per heavy atom. The predicted molar refractivity (Wildman–Crippen MR) is 309 cm³/mol. The number of alkyl halides is 1. The molecule has 2 aromatic heterocycles. The summed E-state index contributed by atoms with van der Waals surface area (Å²) in [6.45, 7) is 10.6. The molecule has 0 bridgehead atoms. The second-order valence-corrected chi connectivity index (χ2v) is 24.6. The molecule has 8 fully saturated rings. The molecular weight excluding hydrogens is 1150 g/mol. The summed E-state index contributed by atoms with van der Waals surface area (Å²) in [5, 5.41) is 31.6. The number of aliphatic hydroxyl groups is 2. The van der Waals surface area contributed by atoms with E-state index in [9.17, 15) is 38.6 Å². The minimum Gasteiger partial charge on any atom is -0.461 e. The topological polar surface area (TPSA) is 228 Å². The van der Waals surface area contributed by atoms with Crippen LogP contribution < -0.4 is 103 Å². The second kappa shape index (κ2) is 33.1. The van der Waals surface area contributed by atoms with Gasteiger partial charge in [0, 0.05) is 60.7 Å². The fourth-order valence-electron chi connectivity index (χ4n) is 18.0. The van der Waals surface area contributed by atoms with E-state index >= 15 is 0 Å². The van der Waals surface area contributed by atoms with Crippen molar-refractivity contribution < 1.29 is 194 Å². The maximum atomic E-state index is 13.5. The van der Waals surface area contributed by atoms with Crippen molar-refractivity contribution in [1.29, 1.82) is 0 Å². The third kappa shape index (κ3) is 15.7. The van der Waals surface area contributed by atoms with Gasteiger partial charge in [-0.2, -0.15) is 10.2 Å². The molecule has 16 atom stereocenters. The van der Waals surface area contributed by atoms with Crippen LogP contribution in [0.2, 0.25) is 0 Å². The van der Waals surface area contributed by atoms with Crippen molar-refractivity contribution in [1.82, 2.24) is 20.0 Å². The number of hydrogen-bond donors (Lipinski definition) is 3. The van der Waals surface area contributed by atoms with Gasteiger partial charge in [0.1, 0.15) is 11.5 Å². The summed E-state index contributed by atoms with van der Waals surface area (Å²) in [5.41, 5.74) is 1.36. The Morgan fingerprint density at radius 1 is 0.787 bits per heavy atom. The number of Topliss-reactive ketones (excluding diaryl/α,β-unsaturated/α-hetero) is 2.